The molecule has 142 valence electrons. The average Bonchev–Trinajstić information content (AvgIpc) is 2.56. The maximum Gasteiger partial charge on any atom is 0.380 e. The molecule has 1 aliphatic heterocycles. The van der Waals surface area contributed by atoms with Gasteiger partial charge < -0.3 is 9.64 Å². The van der Waals surface area contributed by atoms with E-state index in [-0.39, 0.29) is 6.10 Å². The van der Waals surface area contributed by atoms with Gasteiger partial charge in [-0.2, -0.15) is 0 Å². The molecule has 0 bridgehead atoms. The molecular formula is C20H27BrN2O3. The van der Waals surface area contributed by atoms with E-state index in [4.69, 9.17) is 4.74 Å². The highest BCUT2D eigenvalue weighted by atomic mass is 79.9. The Morgan fingerprint density at radius 2 is 1.69 bits per heavy atom. The SMILES string of the molecule is CC(C)=C1CCN(c2c(Br)c(C)nc(C)c2C(=O)C(=O)OC(C)C)CC1. The van der Waals surface area contributed by atoms with E-state index in [1.165, 1.54) is 11.1 Å². The zero-order chi connectivity index (χ0) is 19.6. The summed E-state index contributed by atoms with van der Waals surface area (Å²) in [4.78, 5) is 31.7. The van der Waals surface area contributed by atoms with Crippen LogP contribution in [0.1, 0.15) is 62.3 Å². The molecule has 0 aliphatic carbocycles. The zero-order valence-corrected chi connectivity index (χ0v) is 18.0. The first-order chi connectivity index (χ1) is 12.1. The lowest BCUT2D eigenvalue weighted by molar-refractivity contribution is -0.141. The smallest absolute Gasteiger partial charge is 0.380 e. The number of carbonyl (C=O) groups excluding carboxylic acids is 2. The molecule has 1 fully saturated rings. The number of piperidine rings is 1. The van der Waals surface area contributed by atoms with E-state index in [9.17, 15) is 9.59 Å². The molecule has 26 heavy (non-hydrogen) atoms. The number of aryl methyl sites for hydroxylation is 2. The predicted octanol–water partition coefficient (Wildman–Crippen LogP) is 4.53. The quantitative estimate of drug-likeness (QED) is 0.308. The Morgan fingerprint density at radius 3 is 2.19 bits per heavy atom. The lowest BCUT2D eigenvalue weighted by atomic mass is 9.97. The molecule has 0 amide bonds. The van der Waals surface area contributed by atoms with Crippen LogP contribution < -0.4 is 4.90 Å². The van der Waals surface area contributed by atoms with E-state index in [0.29, 0.717) is 11.3 Å². The number of hydrogen-bond acceptors (Lipinski definition) is 5. The van der Waals surface area contributed by atoms with Gasteiger partial charge in [0.2, 0.25) is 0 Å². The number of carbonyl (C=O) groups is 2. The summed E-state index contributed by atoms with van der Waals surface area (Å²) in [6.07, 6.45) is 1.57. The van der Waals surface area contributed by atoms with Crippen LogP contribution >= 0.6 is 15.9 Å². The minimum atomic E-state index is -0.830. The molecule has 6 heteroatoms. The Kier molecular flexibility index (Phi) is 6.61. The van der Waals surface area contributed by atoms with E-state index in [1.54, 1.807) is 20.8 Å². The molecule has 0 spiro atoms. The van der Waals surface area contributed by atoms with Crippen molar-refractivity contribution in [1.29, 1.82) is 0 Å². The van der Waals surface area contributed by atoms with Crippen LogP contribution in [0.4, 0.5) is 5.69 Å². The van der Waals surface area contributed by atoms with Crippen molar-refractivity contribution in [3.63, 3.8) is 0 Å². The fourth-order valence-corrected chi connectivity index (χ4v) is 3.79. The fourth-order valence-electron chi connectivity index (χ4n) is 3.25. The molecule has 1 saturated heterocycles. The van der Waals surface area contributed by atoms with E-state index in [1.807, 2.05) is 6.92 Å². The summed E-state index contributed by atoms with van der Waals surface area (Å²) in [5.41, 5.74) is 5.29. The number of ketones is 1. The fraction of sp³-hybridized carbons (Fsp3) is 0.550. The molecule has 0 atom stereocenters. The maximum absolute atomic E-state index is 12.8. The third-order valence-corrected chi connectivity index (χ3v) is 5.55. The van der Waals surface area contributed by atoms with Gasteiger partial charge in [0, 0.05) is 13.1 Å². The highest BCUT2D eigenvalue weighted by Gasteiger charge is 2.30. The van der Waals surface area contributed by atoms with Crippen molar-refractivity contribution in [2.24, 2.45) is 0 Å². The zero-order valence-electron chi connectivity index (χ0n) is 16.4. The van der Waals surface area contributed by atoms with Crippen molar-refractivity contribution in [3.8, 4) is 0 Å². The van der Waals surface area contributed by atoms with Crippen molar-refractivity contribution in [3.05, 3.63) is 32.6 Å². The number of ether oxygens (including phenoxy) is 1. The lowest BCUT2D eigenvalue weighted by Crippen LogP contribution is -2.34. The van der Waals surface area contributed by atoms with Crippen LogP contribution in [-0.4, -0.2) is 35.9 Å². The molecule has 1 aromatic heterocycles. The van der Waals surface area contributed by atoms with Crippen LogP contribution in [0.5, 0.6) is 0 Å². The van der Waals surface area contributed by atoms with Gasteiger partial charge in [-0.05, 0) is 70.3 Å². The van der Waals surface area contributed by atoms with Crippen LogP contribution in [0, 0.1) is 13.8 Å². The number of aromatic nitrogens is 1. The number of nitrogens with zero attached hydrogens (tertiary/aromatic N) is 2. The van der Waals surface area contributed by atoms with E-state index in [0.717, 1.165) is 41.8 Å². The summed E-state index contributed by atoms with van der Waals surface area (Å²) in [7, 11) is 0. The summed E-state index contributed by atoms with van der Waals surface area (Å²) in [6.45, 7) is 13.0. The summed E-state index contributed by atoms with van der Waals surface area (Å²) in [5.74, 6) is -1.46. The van der Waals surface area contributed by atoms with Gasteiger partial charge in [0.1, 0.15) is 0 Å². The Bertz CT molecular complexity index is 755. The summed E-state index contributed by atoms with van der Waals surface area (Å²) in [6, 6.07) is 0. The molecule has 2 heterocycles. The van der Waals surface area contributed by atoms with E-state index in [2.05, 4.69) is 39.7 Å². The summed E-state index contributed by atoms with van der Waals surface area (Å²) < 4.78 is 5.89. The number of allylic oxidation sites excluding steroid dienone is 1. The van der Waals surface area contributed by atoms with Crippen molar-refractivity contribution in [1.82, 2.24) is 4.98 Å². The van der Waals surface area contributed by atoms with Gasteiger partial charge in [-0.3, -0.25) is 9.78 Å². The summed E-state index contributed by atoms with van der Waals surface area (Å²) in [5, 5.41) is 0. The minimum Gasteiger partial charge on any atom is -0.457 e. The number of Topliss-reactive ketones (excluding diaryl/α,β-unsaturated/α-hetero) is 1. The molecule has 0 aromatic carbocycles. The molecular weight excluding hydrogens is 396 g/mol. The second-order valence-electron chi connectivity index (χ2n) is 7.19. The van der Waals surface area contributed by atoms with Crippen LogP contribution in [0.3, 0.4) is 0 Å². The van der Waals surface area contributed by atoms with Crippen molar-refractivity contribution >= 4 is 33.4 Å². The minimum absolute atomic E-state index is 0.340. The number of pyridine rings is 1. The van der Waals surface area contributed by atoms with Crippen LogP contribution in [0.15, 0.2) is 15.6 Å². The number of halogens is 1. The molecule has 0 N–H and O–H groups in total. The monoisotopic (exact) mass is 422 g/mol. The molecule has 1 aliphatic rings. The van der Waals surface area contributed by atoms with Crippen LogP contribution in [0.2, 0.25) is 0 Å². The van der Waals surface area contributed by atoms with Gasteiger partial charge in [0.25, 0.3) is 5.78 Å². The lowest BCUT2D eigenvalue weighted by Gasteiger charge is -2.33. The summed E-state index contributed by atoms with van der Waals surface area (Å²) >= 11 is 3.59. The Labute approximate surface area is 163 Å². The third kappa shape index (κ3) is 4.34. The first kappa shape index (κ1) is 20.6. The largest absolute Gasteiger partial charge is 0.457 e. The second kappa shape index (κ2) is 8.33. The van der Waals surface area contributed by atoms with Crippen molar-refractivity contribution in [2.45, 2.75) is 60.5 Å². The van der Waals surface area contributed by atoms with Crippen molar-refractivity contribution in [2.75, 3.05) is 18.0 Å². The Hall–Kier alpha value is -1.69. The highest BCUT2D eigenvalue weighted by molar-refractivity contribution is 9.10. The van der Waals surface area contributed by atoms with Gasteiger partial charge in [-0.25, -0.2) is 4.79 Å². The number of anilines is 1. The molecule has 5 nitrogen and oxygen atoms in total. The van der Waals surface area contributed by atoms with Crippen LogP contribution in [-0.2, 0) is 9.53 Å². The Balaban J connectivity index is 2.47. The van der Waals surface area contributed by atoms with Gasteiger partial charge in [-0.15, -0.1) is 0 Å². The first-order valence-electron chi connectivity index (χ1n) is 8.95. The van der Waals surface area contributed by atoms with Crippen LogP contribution in [0.25, 0.3) is 0 Å². The Morgan fingerprint density at radius 1 is 1.12 bits per heavy atom. The molecule has 0 unspecified atom stereocenters. The third-order valence-electron chi connectivity index (χ3n) is 4.61. The average molecular weight is 423 g/mol. The van der Waals surface area contributed by atoms with Crippen molar-refractivity contribution < 1.29 is 14.3 Å². The van der Waals surface area contributed by atoms with Gasteiger partial charge in [-0.1, -0.05) is 11.1 Å². The topological polar surface area (TPSA) is 59.5 Å². The predicted molar refractivity (Wildman–Crippen MR) is 107 cm³/mol. The van der Waals surface area contributed by atoms with Gasteiger partial charge >= 0.3 is 5.97 Å². The second-order valence-corrected chi connectivity index (χ2v) is 7.99. The number of rotatable bonds is 4. The highest BCUT2D eigenvalue weighted by Crippen LogP contribution is 2.37. The van der Waals surface area contributed by atoms with E-state index < -0.39 is 11.8 Å². The normalized spacial score (nSPS) is 14.6. The molecule has 1 aromatic rings. The number of esters is 1. The molecule has 2 rings (SSSR count). The standard InChI is InChI=1S/C20H27BrN2O3/c1-11(2)15-7-9-23(10-8-15)18-16(13(5)22-14(6)17(18)21)19(24)20(25)26-12(3)4/h12H,7-10H2,1-6H3. The molecule has 0 saturated carbocycles. The number of hydrogen-bond donors (Lipinski definition) is 0. The first-order valence-corrected chi connectivity index (χ1v) is 9.75. The van der Waals surface area contributed by atoms with E-state index >= 15 is 0 Å². The maximum atomic E-state index is 12.8. The van der Waals surface area contributed by atoms with Gasteiger partial charge in [0.15, 0.2) is 0 Å². The van der Waals surface area contributed by atoms with Gasteiger partial charge in [0.05, 0.1) is 33.2 Å². The molecule has 0 radical (unpaired) electrons.